The normalized spacial score (nSPS) is 11.0. The Bertz CT molecular complexity index is 1070. The Labute approximate surface area is 171 Å². The minimum atomic E-state index is -0.624. The molecule has 0 amide bonds. The molecule has 0 saturated carbocycles. The number of hydrogen-bond acceptors (Lipinski definition) is 6. The highest BCUT2D eigenvalue weighted by molar-refractivity contribution is 7.21. The highest BCUT2D eigenvalue weighted by atomic mass is 32.1. The zero-order chi connectivity index (χ0) is 20.8. The molecule has 0 N–H and O–H groups in total. The molecule has 0 bridgehead atoms. The fourth-order valence-electron chi connectivity index (χ4n) is 2.82. The summed E-state index contributed by atoms with van der Waals surface area (Å²) < 4.78 is 30.5. The predicted molar refractivity (Wildman–Crippen MR) is 110 cm³/mol. The molecule has 0 atom stereocenters. The first-order valence-corrected chi connectivity index (χ1v) is 9.71. The van der Waals surface area contributed by atoms with Gasteiger partial charge in [0, 0.05) is 27.3 Å². The van der Waals surface area contributed by atoms with Crippen LogP contribution < -0.4 is 4.74 Å². The van der Waals surface area contributed by atoms with Gasteiger partial charge in [0.15, 0.2) is 0 Å². The van der Waals surface area contributed by atoms with Crippen LogP contribution in [0, 0.1) is 5.82 Å². The Balaban J connectivity index is 1.82. The first-order valence-electron chi connectivity index (χ1n) is 8.90. The summed E-state index contributed by atoms with van der Waals surface area (Å²) in [7, 11) is 1.54. The van der Waals surface area contributed by atoms with Gasteiger partial charge < -0.3 is 14.2 Å². The number of rotatable bonds is 7. The van der Waals surface area contributed by atoms with E-state index >= 15 is 0 Å². The van der Waals surface area contributed by atoms with Gasteiger partial charge in [-0.2, -0.15) is 0 Å². The maximum Gasteiger partial charge on any atom is 0.348 e. The second kappa shape index (κ2) is 9.34. The number of halogens is 1. The third-order valence-electron chi connectivity index (χ3n) is 4.12. The van der Waals surface area contributed by atoms with Crippen LogP contribution in [0.4, 0.5) is 4.39 Å². The van der Waals surface area contributed by atoms with Crippen LogP contribution in [-0.2, 0) is 20.9 Å². The molecule has 0 aliphatic rings. The van der Waals surface area contributed by atoms with E-state index in [0.717, 1.165) is 11.3 Å². The van der Waals surface area contributed by atoms with Crippen molar-refractivity contribution in [2.45, 2.75) is 13.5 Å². The van der Waals surface area contributed by atoms with Crippen LogP contribution in [0.15, 0.2) is 48.5 Å². The van der Waals surface area contributed by atoms with Crippen LogP contribution in [-0.4, -0.2) is 25.7 Å². The minimum Gasteiger partial charge on any atom is -0.496 e. The molecule has 0 saturated heterocycles. The van der Waals surface area contributed by atoms with Crippen molar-refractivity contribution in [3.63, 3.8) is 0 Å². The van der Waals surface area contributed by atoms with Crippen molar-refractivity contribution in [1.29, 1.82) is 0 Å². The van der Waals surface area contributed by atoms with Crippen molar-refractivity contribution in [2.75, 3.05) is 13.7 Å². The average molecular weight is 414 g/mol. The van der Waals surface area contributed by atoms with Gasteiger partial charge in [0.05, 0.1) is 13.7 Å². The van der Waals surface area contributed by atoms with Gasteiger partial charge in [-0.25, -0.2) is 14.0 Å². The maximum atomic E-state index is 14.4. The molecule has 2 aromatic carbocycles. The van der Waals surface area contributed by atoms with Crippen LogP contribution in [0.1, 0.15) is 27.7 Å². The standard InChI is InChI=1S/C22H19FO5S/c1-3-27-22(25)21-15(20-16(23)8-6-10-18(20)29-21)13-28-19(24)12-11-14-7-4-5-9-17(14)26-2/h4-12H,3,13H2,1-2H3/b12-11+. The fraction of sp³-hybridized carbons (Fsp3) is 0.182. The summed E-state index contributed by atoms with van der Waals surface area (Å²) in [6.07, 6.45) is 2.83. The van der Waals surface area contributed by atoms with E-state index < -0.39 is 17.8 Å². The van der Waals surface area contributed by atoms with Crippen LogP contribution in [0.25, 0.3) is 16.2 Å². The molecule has 0 aliphatic carbocycles. The monoisotopic (exact) mass is 414 g/mol. The number of hydrogen-bond donors (Lipinski definition) is 0. The molecule has 0 unspecified atom stereocenters. The first kappa shape index (κ1) is 20.5. The topological polar surface area (TPSA) is 61.8 Å². The lowest BCUT2D eigenvalue weighted by molar-refractivity contribution is -0.138. The number of fused-ring (bicyclic) bond motifs is 1. The Kier molecular flexibility index (Phi) is 6.61. The van der Waals surface area contributed by atoms with Crippen LogP contribution in [0.3, 0.4) is 0 Å². The lowest BCUT2D eigenvalue weighted by atomic mass is 10.1. The van der Waals surface area contributed by atoms with E-state index in [9.17, 15) is 14.0 Å². The smallest absolute Gasteiger partial charge is 0.348 e. The molecule has 3 aromatic rings. The summed E-state index contributed by atoms with van der Waals surface area (Å²) in [6, 6.07) is 11.8. The summed E-state index contributed by atoms with van der Waals surface area (Å²) in [6.45, 7) is 1.63. The number of para-hydroxylation sites is 1. The Morgan fingerprint density at radius 3 is 2.66 bits per heavy atom. The molecule has 150 valence electrons. The number of benzene rings is 2. The molecule has 0 aliphatic heterocycles. The highest BCUT2D eigenvalue weighted by Gasteiger charge is 2.22. The van der Waals surface area contributed by atoms with Gasteiger partial charge >= 0.3 is 11.9 Å². The molecule has 0 radical (unpaired) electrons. The zero-order valence-electron chi connectivity index (χ0n) is 15.9. The number of carbonyl (C=O) groups excluding carboxylic acids is 2. The first-order chi connectivity index (χ1) is 14.0. The third kappa shape index (κ3) is 4.63. The molecule has 0 fully saturated rings. The van der Waals surface area contributed by atoms with E-state index in [1.54, 1.807) is 37.3 Å². The second-order valence-corrected chi connectivity index (χ2v) is 6.98. The lowest BCUT2D eigenvalue weighted by Gasteiger charge is -2.06. The van der Waals surface area contributed by atoms with E-state index in [1.165, 1.54) is 19.3 Å². The summed E-state index contributed by atoms with van der Waals surface area (Å²) in [5.74, 6) is -1.05. The van der Waals surface area contributed by atoms with E-state index in [0.29, 0.717) is 21.6 Å². The molecule has 1 aromatic heterocycles. The predicted octanol–water partition coefficient (Wildman–Crippen LogP) is 4.98. The van der Waals surface area contributed by atoms with Gasteiger partial charge in [-0.1, -0.05) is 24.3 Å². The Morgan fingerprint density at radius 2 is 1.90 bits per heavy atom. The van der Waals surface area contributed by atoms with Crippen LogP contribution in [0.2, 0.25) is 0 Å². The number of esters is 2. The van der Waals surface area contributed by atoms with E-state index in [-0.39, 0.29) is 23.5 Å². The SMILES string of the molecule is CCOC(=O)c1sc2cccc(F)c2c1COC(=O)/C=C/c1ccccc1OC. The second-order valence-electron chi connectivity index (χ2n) is 5.93. The van der Waals surface area contributed by atoms with Gasteiger partial charge in [0.25, 0.3) is 0 Å². The number of carbonyl (C=O) groups is 2. The van der Waals surface area contributed by atoms with Crippen molar-refractivity contribution >= 4 is 39.4 Å². The van der Waals surface area contributed by atoms with Crippen molar-refractivity contribution in [3.05, 3.63) is 70.4 Å². The average Bonchev–Trinajstić information content (AvgIpc) is 3.11. The molecule has 3 rings (SSSR count). The van der Waals surface area contributed by atoms with Gasteiger partial charge in [0.1, 0.15) is 23.1 Å². The van der Waals surface area contributed by atoms with E-state index in [1.807, 2.05) is 12.1 Å². The Morgan fingerprint density at radius 1 is 1.10 bits per heavy atom. The van der Waals surface area contributed by atoms with Crippen molar-refractivity contribution in [2.24, 2.45) is 0 Å². The molecular formula is C22H19FO5S. The maximum absolute atomic E-state index is 14.4. The van der Waals surface area contributed by atoms with Crippen molar-refractivity contribution < 1.29 is 28.2 Å². The summed E-state index contributed by atoms with van der Waals surface area (Å²) in [4.78, 5) is 24.7. The summed E-state index contributed by atoms with van der Waals surface area (Å²) in [5.41, 5.74) is 1.02. The summed E-state index contributed by atoms with van der Waals surface area (Å²) >= 11 is 1.11. The number of methoxy groups -OCH3 is 1. The zero-order valence-corrected chi connectivity index (χ0v) is 16.8. The number of thiophene rings is 1. The van der Waals surface area contributed by atoms with Gasteiger partial charge in [-0.15, -0.1) is 11.3 Å². The van der Waals surface area contributed by atoms with Crippen molar-refractivity contribution in [1.82, 2.24) is 0 Å². The van der Waals surface area contributed by atoms with Crippen LogP contribution >= 0.6 is 11.3 Å². The summed E-state index contributed by atoms with van der Waals surface area (Å²) in [5, 5.41) is 0.266. The molecular weight excluding hydrogens is 395 g/mol. The molecule has 29 heavy (non-hydrogen) atoms. The van der Waals surface area contributed by atoms with E-state index in [4.69, 9.17) is 14.2 Å². The quantitative estimate of drug-likeness (QED) is 0.403. The van der Waals surface area contributed by atoms with E-state index in [2.05, 4.69) is 0 Å². The third-order valence-corrected chi connectivity index (χ3v) is 5.30. The Hall–Kier alpha value is -3.19. The minimum absolute atomic E-state index is 0.191. The molecule has 0 spiro atoms. The molecule has 5 nitrogen and oxygen atoms in total. The molecule has 7 heteroatoms. The largest absolute Gasteiger partial charge is 0.496 e. The van der Waals surface area contributed by atoms with Gasteiger partial charge in [0.2, 0.25) is 0 Å². The van der Waals surface area contributed by atoms with Crippen LogP contribution in [0.5, 0.6) is 5.75 Å². The van der Waals surface area contributed by atoms with Gasteiger partial charge in [-0.3, -0.25) is 0 Å². The van der Waals surface area contributed by atoms with Gasteiger partial charge in [-0.05, 0) is 31.2 Å². The molecule has 1 heterocycles. The highest BCUT2D eigenvalue weighted by Crippen LogP contribution is 2.34. The lowest BCUT2D eigenvalue weighted by Crippen LogP contribution is -2.08. The fourth-order valence-corrected chi connectivity index (χ4v) is 3.94. The van der Waals surface area contributed by atoms with Crippen molar-refractivity contribution in [3.8, 4) is 5.75 Å². The number of ether oxygens (including phenoxy) is 3.